The predicted molar refractivity (Wildman–Crippen MR) is 111 cm³/mol. The van der Waals surface area contributed by atoms with Crippen molar-refractivity contribution in [1.82, 2.24) is 14.9 Å². The highest BCUT2D eigenvalue weighted by molar-refractivity contribution is 7.89. The van der Waals surface area contributed by atoms with Crippen LogP contribution < -0.4 is 10.6 Å². The van der Waals surface area contributed by atoms with Crippen molar-refractivity contribution in [3.05, 3.63) is 28.2 Å². The number of fused-ring (bicyclic) bond motifs is 1. The van der Waals surface area contributed by atoms with Crippen LogP contribution in [0.25, 0.3) is 0 Å². The number of halogens is 2. The van der Waals surface area contributed by atoms with Gasteiger partial charge in [0.2, 0.25) is 15.9 Å². The van der Waals surface area contributed by atoms with E-state index in [1.165, 1.54) is 10.4 Å². The molecule has 0 spiro atoms. The minimum Gasteiger partial charge on any atom is -0.352 e. The topological polar surface area (TPSA) is 78.5 Å². The van der Waals surface area contributed by atoms with Crippen molar-refractivity contribution < 1.29 is 13.2 Å². The van der Waals surface area contributed by atoms with E-state index in [4.69, 9.17) is 23.2 Å². The monoisotopic (exact) mass is 447 g/mol. The largest absolute Gasteiger partial charge is 0.352 e. The summed E-state index contributed by atoms with van der Waals surface area (Å²) in [5.41, 5.74) is 0. The highest BCUT2D eigenvalue weighted by Gasteiger charge is 2.47. The predicted octanol–water partition coefficient (Wildman–Crippen LogP) is 2.90. The normalized spacial score (nSPS) is 26.2. The number of amides is 1. The summed E-state index contributed by atoms with van der Waals surface area (Å²) in [5, 5.41) is 6.49. The van der Waals surface area contributed by atoms with E-state index in [1.54, 1.807) is 19.2 Å². The molecule has 1 saturated carbocycles. The zero-order valence-electron chi connectivity index (χ0n) is 16.1. The van der Waals surface area contributed by atoms with Crippen LogP contribution in [0.2, 0.25) is 10.0 Å². The molecule has 0 aromatic heterocycles. The summed E-state index contributed by atoms with van der Waals surface area (Å²) < 4.78 is 27.7. The fourth-order valence-corrected chi connectivity index (χ4v) is 6.67. The summed E-state index contributed by atoms with van der Waals surface area (Å²) in [7, 11) is -1.94. The summed E-state index contributed by atoms with van der Waals surface area (Å²) in [5.74, 6) is 0.363. The summed E-state index contributed by atoms with van der Waals surface area (Å²) in [6, 6.07) is 4.43. The second kappa shape index (κ2) is 8.88. The van der Waals surface area contributed by atoms with Crippen molar-refractivity contribution in [2.24, 2.45) is 11.8 Å². The fourth-order valence-electron chi connectivity index (χ4n) is 4.40. The Morgan fingerprint density at radius 2 is 2.04 bits per heavy atom. The molecule has 1 aromatic carbocycles. The van der Waals surface area contributed by atoms with Crippen LogP contribution in [0, 0.1) is 11.8 Å². The lowest BCUT2D eigenvalue weighted by molar-refractivity contribution is -0.124. The van der Waals surface area contributed by atoms with E-state index >= 15 is 0 Å². The molecule has 1 amide bonds. The fraction of sp³-hybridized carbons (Fsp3) is 0.632. The number of carbonyl (C=O) groups is 1. The van der Waals surface area contributed by atoms with Crippen molar-refractivity contribution in [2.45, 2.75) is 49.6 Å². The van der Waals surface area contributed by atoms with E-state index < -0.39 is 10.0 Å². The Morgan fingerprint density at radius 1 is 1.29 bits per heavy atom. The first-order valence-electron chi connectivity index (χ1n) is 9.71. The van der Waals surface area contributed by atoms with Crippen LogP contribution >= 0.6 is 23.2 Å². The zero-order valence-corrected chi connectivity index (χ0v) is 18.4. The number of benzene rings is 1. The van der Waals surface area contributed by atoms with E-state index in [0.29, 0.717) is 13.1 Å². The molecule has 1 saturated heterocycles. The van der Waals surface area contributed by atoms with Crippen LogP contribution in [-0.2, 0) is 14.8 Å². The smallest absolute Gasteiger partial charge is 0.244 e. The number of hydrogen-bond donors (Lipinski definition) is 2. The zero-order chi connectivity index (χ0) is 20.5. The molecule has 9 heteroatoms. The highest BCUT2D eigenvalue weighted by Crippen LogP contribution is 2.41. The van der Waals surface area contributed by atoms with Crippen LogP contribution in [0.1, 0.15) is 32.6 Å². The van der Waals surface area contributed by atoms with Crippen molar-refractivity contribution in [1.29, 1.82) is 0 Å². The van der Waals surface area contributed by atoms with Crippen LogP contribution in [-0.4, -0.2) is 50.9 Å². The van der Waals surface area contributed by atoms with Crippen LogP contribution in [0.5, 0.6) is 0 Å². The molecule has 1 heterocycles. The van der Waals surface area contributed by atoms with E-state index in [-0.39, 0.29) is 44.8 Å². The number of sulfonamides is 1. The van der Waals surface area contributed by atoms with Crippen LogP contribution in [0.4, 0.5) is 0 Å². The quantitative estimate of drug-likeness (QED) is 0.673. The minimum atomic E-state index is -3.72. The SMILES string of the molecule is CCC[C@H](NC)C(=O)N[C@H]1CC[C@@H]2CN(S(=O)(=O)c3cccc(Cl)c3Cl)C[C@@H]21. The summed E-state index contributed by atoms with van der Waals surface area (Å²) in [4.78, 5) is 12.6. The molecule has 1 aliphatic carbocycles. The van der Waals surface area contributed by atoms with Gasteiger partial charge in [-0.3, -0.25) is 4.79 Å². The van der Waals surface area contributed by atoms with Gasteiger partial charge in [-0.05, 0) is 50.3 Å². The van der Waals surface area contributed by atoms with Crippen molar-refractivity contribution in [3.8, 4) is 0 Å². The molecule has 156 valence electrons. The van der Waals surface area contributed by atoms with Gasteiger partial charge in [-0.2, -0.15) is 4.31 Å². The highest BCUT2D eigenvalue weighted by atomic mass is 35.5. The first-order chi connectivity index (χ1) is 13.3. The molecule has 2 N–H and O–H groups in total. The molecule has 1 aromatic rings. The van der Waals surface area contributed by atoms with Gasteiger partial charge in [-0.1, -0.05) is 42.6 Å². The number of hydrogen-bond acceptors (Lipinski definition) is 4. The second-order valence-corrected chi connectivity index (χ2v) is 10.3. The van der Waals surface area contributed by atoms with Crippen molar-refractivity contribution in [3.63, 3.8) is 0 Å². The first kappa shape index (κ1) is 21.8. The lowest BCUT2D eigenvalue weighted by Crippen LogP contribution is -2.48. The van der Waals surface area contributed by atoms with Gasteiger partial charge >= 0.3 is 0 Å². The third-order valence-electron chi connectivity index (χ3n) is 5.93. The second-order valence-electron chi connectivity index (χ2n) is 7.62. The summed E-state index contributed by atoms with van der Waals surface area (Å²) >= 11 is 12.2. The molecule has 2 fully saturated rings. The third kappa shape index (κ3) is 4.19. The molecule has 0 radical (unpaired) electrons. The Labute approximate surface area is 177 Å². The van der Waals surface area contributed by atoms with Crippen LogP contribution in [0.15, 0.2) is 23.1 Å². The molecular formula is C19H27Cl2N3O3S. The van der Waals surface area contributed by atoms with Gasteiger partial charge < -0.3 is 10.6 Å². The molecule has 0 unspecified atom stereocenters. The third-order valence-corrected chi connectivity index (χ3v) is 8.73. The Balaban J connectivity index is 1.72. The maximum absolute atomic E-state index is 13.1. The summed E-state index contributed by atoms with van der Waals surface area (Å²) in [6.45, 7) is 2.88. The maximum Gasteiger partial charge on any atom is 0.244 e. The van der Waals surface area contributed by atoms with E-state index in [1.807, 2.05) is 6.92 Å². The Bertz CT molecular complexity index is 834. The molecular weight excluding hydrogens is 421 g/mol. The standard InChI is InChI=1S/C19H27Cl2N3O3S/c1-3-5-16(22-2)19(25)23-15-9-8-12-10-24(11-13(12)15)28(26,27)17-7-4-6-14(20)18(17)21/h4,6-7,12-13,15-16,22H,3,5,8-11H2,1-2H3,(H,23,25)/t12-,13+,15+,16+/m1/s1. The summed E-state index contributed by atoms with van der Waals surface area (Å²) in [6.07, 6.45) is 3.48. The molecule has 0 bridgehead atoms. The van der Waals surface area contributed by atoms with Gasteiger partial charge in [-0.25, -0.2) is 8.42 Å². The molecule has 4 atom stereocenters. The molecule has 28 heavy (non-hydrogen) atoms. The first-order valence-corrected chi connectivity index (χ1v) is 11.9. The molecule has 6 nitrogen and oxygen atoms in total. The van der Waals surface area contributed by atoms with Gasteiger partial charge in [0, 0.05) is 19.1 Å². The Hall–Kier alpha value is -0.860. The van der Waals surface area contributed by atoms with E-state index in [0.717, 1.165) is 25.7 Å². The number of rotatable bonds is 7. The lowest BCUT2D eigenvalue weighted by atomic mass is 9.97. The number of nitrogens with zero attached hydrogens (tertiary/aromatic N) is 1. The molecule has 2 aliphatic rings. The average Bonchev–Trinajstić information content (AvgIpc) is 3.24. The van der Waals surface area contributed by atoms with Gasteiger partial charge in [0.15, 0.2) is 0 Å². The van der Waals surface area contributed by atoms with Gasteiger partial charge in [0.05, 0.1) is 16.1 Å². The number of likely N-dealkylation sites (N-methyl/N-ethyl adjacent to an activating group) is 1. The molecule has 3 rings (SSSR count). The lowest BCUT2D eigenvalue weighted by Gasteiger charge is -2.24. The van der Waals surface area contributed by atoms with Gasteiger partial charge in [0.1, 0.15) is 4.90 Å². The molecule has 1 aliphatic heterocycles. The average molecular weight is 448 g/mol. The number of carbonyl (C=O) groups excluding carboxylic acids is 1. The van der Waals surface area contributed by atoms with E-state index in [2.05, 4.69) is 10.6 Å². The van der Waals surface area contributed by atoms with Crippen molar-refractivity contribution >= 4 is 39.1 Å². The minimum absolute atomic E-state index is 0.000222. The Morgan fingerprint density at radius 3 is 2.71 bits per heavy atom. The van der Waals surface area contributed by atoms with E-state index in [9.17, 15) is 13.2 Å². The van der Waals surface area contributed by atoms with Crippen molar-refractivity contribution in [2.75, 3.05) is 20.1 Å². The van der Waals surface area contributed by atoms with Gasteiger partial charge in [0.25, 0.3) is 0 Å². The maximum atomic E-state index is 13.1. The van der Waals surface area contributed by atoms with Gasteiger partial charge in [-0.15, -0.1) is 0 Å². The number of nitrogens with one attached hydrogen (secondary N) is 2. The van der Waals surface area contributed by atoms with Crippen LogP contribution in [0.3, 0.4) is 0 Å². The Kier molecular flexibility index (Phi) is 6.92.